The van der Waals surface area contributed by atoms with Crippen molar-refractivity contribution in [1.29, 1.82) is 0 Å². The van der Waals surface area contributed by atoms with Crippen LogP contribution in [0.2, 0.25) is 0 Å². The van der Waals surface area contributed by atoms with Crippen molar-refractivity contribution in [2.75, 3.05) is 30.9 Å². The van der Waals surface area contributed by atoms with Crippen molar-refractivity contribution in [3.05, 3.63) is 66.6 Å². The Hall–Kier alpha value is -4.02. The third-order valence-corrected chi connectivity index (χ3v) is 7.49. The van der Waals surface area contributed by atoms with E-state index in [9.17, 15) is 4.79 Å². The van der Waals surface area contributed by atoms with Gasteiger partial charge in [0.1, 0.15) is 23.5 Å². The summed E-state index contributed by atoms with van der Waals surface area (Å²) in [7, 11) is 3.48. The predicted octanol–water partition coefficient (Wildman–Crippen LogP) is 3.28. The first-order chi connectivity index (χ1) is 18.0. The minimum atomic E-state index is -0.105. The number of para-hydroxylation sites is 1. The molecule has 4 aromatic rings. The SMILES string of the molecule is CN(C)C(=O)c1cc2cnc(Nc3ccc(N4C[C@@H]5CC[C@@]6(CC4O6)N5)cn3)nc2n1-c1ccccc1. The van der Waals surface area contributed by atoms with Gasteiger partial charge < -0.3 is 19.9 Å². The van der Waals surface area contributed by atoms with Gasteiger partial charge in [0.15, 0.2) is 5.65 Å². The monoisotopic (exact) mass is 496 g/mol. The number of anilines is 3. The minimum Gasteiger partial charge on any atom is -0.343 e. The Balaban J connectivity index is 1.17. The summed E-state index contributed by atoms with van der Waals surface area (Å²) < 4.78 is 8.08. The Morgan fingerprint density at radius 3 is 2.73 bits per heavy atom. The van der Waals surface area contributed by atoms with Crippen molar-refractivity contribution >= 4 is 34.4 Å². The number of nitrogens with zero attached hydrogens (tertiary/aromatic N) is 6. The Morgan fingerprint density at radius 2 is 1.97 bits per heavy atom. The Labute approximate surface area is 214 Å². The number of hydrogen-bond acceptors (Lipinski definition) is 8. The smallest absolute Gasteiger partial charge is 0.270 e. The van der Waals surface area contributed by atoms with E-state index in [1.54, 1.807) is 25.2 Å². The van der Waals surface area contributed by atoms with E-state index < -0.39 is 0 Å². The molecule has 7 heterocycles. The molecular weight excluding hydrogens is 468 g/mol. The summed E-state index contributed by atoms with van der Waals surface area (Å²) >= 11 is 0. The van der Waals surface area contributed by atoms with Crippen LogP contribution in [0, 0.1) is 0 Å². The lowest BCUT2D eigenvalue weighted by Gasteiger charge is -2.48. The van der Waals surface area contributed by atoms with Gasteiger partial charge in [-0.1, -0.05) is 18.2 Å². The summed E-state index contributed by atoms with van der Waals surface area (Å²) in [5.41, 5.74) is 2.98. The van der Waals surface area contributed by atoms with Gasteiger partial charge in [-0.2, -0.15) is 4.98 Å². The van der Waals surface area contributed by atoms with Crippen molar-refractivity contribution in [3.8, 4) is 5.69 Å². The molecule has 0 aliphatic carbocycles. The predicted molar refractivity (Wildman–Crippen MR) is 140 cm³/mol. The van der Waals surface area contributed by atoms with Crippen LogP contribution in [0.3, 0.4) is 0 Å². The molecule has 3 bridgehead atoms. The van der Waals surface area contributed by atoms with Crippen LogP contribution in [0.1, 0.15) is 29.8 Å². The van der Waals surface area contributed by atoms with Crippen molar-refractivity contribution in [1.82, 2.24) is 29.7 Å². The number of pyridine rings is 1. The summed E-state index contributed by atoms with van der Waals surface area (Å²) in [5.74, 6) is 0.949. The molecule has 188 valence electrons. The van der Waals surface area contributed by atoms with Crippen LogP contribution in [0.15, 0.2) is 60.9 Å². The zero-order chi connectivity index (χ0) is 25.1. The third-order valence-electron chi connectivity index (χ3n) is 7.49. The lowest BCUT2D eigenvalue weighted by molar-refractivity contribution is -0.208. The molecule has 4 aliphatic heterocycles. The van der Waals surface area contributed by atoms with E-state index in [1.807, 2.05) is 53.2 Å². The second-order valence-electron chi connectivity index (χ2n) is 10.2. The standard InChI is InChI=1S/C27H28N8O2/c1-33(2)25(36)21-12-17-14-29-26(31-24(17)35(21)19-6-4-3-5-7-19)30-22-9-8-20(15-28-22)34-16-18-10-11-27(32-18)13-23(34)37-27/h3-9,12,14-15,18,23,32H,10-11,13,16H2,1-2H3,(H,28,29,30,31)/t18-,23?,27+/m0/s1. The fraction of sp³-hybridized carbons (Fsp3) is 0.333. The molecule has 1 unspecified atom stereocenters. The third kappa shape index (κ3) is 3.71. The average molecular weight is 497 g/mol. The highest BCUT2D eigenvalue weighted by Gasteiger charge is 2.55. The van der Waals surface area contributed by atoms with E-state index in [0.29, 0.717) is 29.1 Å². The molecule has 1 amide bonds. The summed E-state index contributed by atoms with van der Waals surface area (Å²) in [6.45, 7) is 0.922. The molecule has 0 saturated carbocycles. The Kier molecular flexibility index (Phi) is 4.95. The molecule has 1 spiro atoms. The molecule has 37 heavy (non-hydrogen) atoms. The molecule has 4 aliphatic rings. The van der Waals surface area contributed by atoms with Crippen LogP contribution < -0.4 is 15.5 Å². The van der Waals surface area contributed by atoms with Gasteiger partial charge in [0.25, 0.3) is 5.91 Å². The van der Waals surface area contributed by atoms with E-state index in [-0.39, 0.29) is 17.9 Å². The largest absolute Gasteiger partial charge is 0.343 e. The molecule has 3 aromatic heterocycles. The quantitative estimate of drug-likeness (QED) is 0.434. The second kappa shape index (κ2) is 8.25. The van der Waals surface area contributed by atoms with Gasteiger partial charge in [-0.05, 0) is 43.2 Å². The molecule has 1 aromatic carbocycles. The van der Waals surface area contributed by atoms with Crippen molar-refractivity contribution < 1.29 is 9.53 Å². The van der Waals surface area contributed by atoms with Crippen LogP contribution >= 0.6 is 0 Å². The molecule has 4 saturated heterocycles. The molecule has 8 rings (SSSR count). The van der Waals surface area contributed by atoms with E-state index >= 15 is 0 Å². The fourth-order valence-electron chi connectivity index (χ4n) is 5.67. The van der Waals surface area contributed by atoms with E-state index in [1.165, 1.54) is 0 Å². The summed E-state index contributed by atoms with van der Waals surface area (Å²) in [6.07, 6.45) is 6.96. The topological polar surface area (TPSA) is 100 Å². The number of rotatable bonds is 5. The van der Waals surface area contributed by atoms with E-state index in [0.717, 1.165) is 42.6 Å². The minimum absolute atomic E-state index is 0.0938. The van der Waals surface area contributed by atoms with Gasteiger partial charge in [-0.3, -0.25) is 14.7 Å². The first kappa shape index (κ1) is 22.2. The summed E-state index contributed by atoms with van der Waals surface area (Å²) in [4.78, 5) is 30.7. The molecule has 2 N–H and O–H groups in total. The van der Waals surface area contributed by atoms with Crippen LogP contribution in [0.5, 0.6) is 0 Å². The number of hydrogen-bond donors (Lipinski definition) is 2. The van der Waals surface area contributed by atoms with Crippen LogP contribution in [0.25, 0.3) is 16.7 Å². The lowest BCUT2D eigenvalue weighted by Crippen LogP contribution is -2.59. The van der Waals surface area contributed by atoms with E-state index in [2.05, 4.69) is 31.6 Å². The number of fused-ring (bicyclic) bond motifs is 2. The average Bonchev–Trinajstić information content (AvgIpc) is 3.39. The second-order valence-corrected chi connectivity index (χ2v) is 10.2. The fourth-order valence-corrected chi connectivity index (χ4v) is 5.67. The van der Waals surface area contributed by atoms with Crippen LogP contribution in [-0.4, -0.2) is 69.0 Å². The van der Waals surface area contributed by atoms with Crippen molar-refractivity contribution in [2.45, 2.75) is 37.3 Å². The van der Waals surface area contributed by atoms with Crippen LogP contribution in [0.4, 0.5) is 17.5 Å². The maximum absolute atomic E-state index is 13.0. The van der Waals surface area contributed by atoms with Gasteiger partial charge in [0, 0.05) is 50.4 Å². The molecule has 10 heteroatoms. The molecule has 4 fully saturated rings. The number of aromatic nitrogens is 4. The zero-order valence-electron chi connectivity index (χ0n) is 20.8. The number of benzene rings is 1. The first-order valence-corrected chi connectivity index (χ1v) is 12.6. The molecule has 3 atom stereocenters. The van der Waals surface area contributed by atoms with Crippen molar-refractivity contribution in [3.63, 3.8) is 0 Å². The van der Waals surface area contributed by atoms with Gasteiger partial charge in [0.05, 0.1) is 11.9 Å². The highest BCUT2D eigenvalue weighted by Crippen LogP contribution is 2.45. The molecule has 10 nitrogen and oxygen atoms in total. The number of ether oxygens (including phenoxy) is 1. The molecular formula is C27H28N8O2. The molecule has 0 radical (unpaired) electrons. The number of nitrogens with one attached hydrogen (secondary N) is 2. The number of carbonyl (C=O) groups excluding carboxylic acids is 1. The Bertz CT molecular complexity index is 1480. The van der Waals surface area contributed by atoms with Crippen molar-refractivity contribution in [2.24, 2.45) is 0 Å². The normalized spacial score (nSPS) is 24.0. The number of amides is 1. The van der Waals surface area contributed by atoms with Crippen LogP contribution in [-0.2, 0) is 4.74 Å². The maximum atomic E-state index is 13.0. The highest BCUT2D eigenvalue weighted by atomic mass is 16.6. The summed E-state index contributed by atoms with van der Waals surface area (Å²) in [6, 6.07) is 16.0. The van der Waals surface area contributed by atoms with Gasteiger partial charge in [-0.25, -0.2) is 9.97 Å². The van der Waals surface area contributed by atoms with Gasteiger partial charge in [-0.15, -0.1) is 0 Å². The zero-order valence-corrected chi connectivity index (χ0v) is 20.8. The maximum Gasteiger partial charge on any atom is 0.270 e. The number of carbonyl (C=O) groups is 1. The summed E-state index contributed by atoms with van der Waals surface area (Å²) in [5, 5.41) is 7.65. The first-order valence-electron chi connectivity index (χ1n) is 12.6. The Morgan fingerprint density at radius 1 is 1.14 bits per heavy atom. The van der Waals surface area contributed by atoms with E-state index in [4.69, 9.17) is 9.72 Å². The highest BCUT2D eigenvalue weighted by molar-refractivity contribution is 5.98. The lowest BCUT2D eigenvalue weighted by atomic mass is 9.97. The van der Waals surface area contributed by atoms with Gasteiger partial charge >= 0.3 is 0 Å². The van der Waals surface area contributed by atoms with Gasteiger partial charge in [0.2, 0.25) is 5.95 Å².